The summed E-state index contributed by atoms with van der Waals surface area (Å²) < 4.78 is 11.7. The monoisotopic (exact) mass is 765 g/mol. The van der Waals surface area contributed by atoms with Crippen LogP contribution in [0.25, 0.3) is 0 Å². The smallest absolute Gasteiger partial charge is 0.310 e. The van der Waals surface area contributed by atoms with Gasteiger partial charge in [-0.2, -0.15) is 4.58 Å². The van der Waals surface area contributed by atoms with Crippen molar-refractivity contribution < 1.29 is 33.2 Å². The van der Waals surface area contributed by atoms with Crippen molar-refractivity contribution in [1.82, 2.24) is 0 Å². The van der Waals surface area contributed by atoms with Gasteiger partial charge in [0.1, 0.15) is 6.54 Å². The number of nitrogens with zero attached hydrogens (tertiary/aromatic N) is 2. The minimum absolute atomic E-state index is 0.0520. The quantitative estimate of drug-likeness (QED) is 0.0820. The summed E-state index contributed by atoms with van der Waals surface area (Å²) in [6, 6.07) is 30.7. The van der Waals surface area contributed by atoms with Crippen LogP contribution in [0.15, 0.2) is 133 Å². The number of methoxy groups -OCH3 is 2. The Bertz CT molecular complexity index is 2330. The Hall–Kier alpha value is -6.55. The number of hydrogen-bond donors (Lipinski definition) is 2. The van der Waals surface area contributed by atoms with Gasteiger partial charge in [0.05, 0.1) is 32.5 Å². The lowest BCUT2D eigenvalue weighted by Crippen LogP contribution is -2.34. The highest BCUT2D eigenvalue weighted by molar-refractivity contribution is 6.04. The fraction of sp³-hybridized carbons (Fsp3) is 0.255. The van der Waals surface area contributed by atoms with Crippen LogP contribution in [0, 0.1) is 0 Å². The largest absolute Gasteiger partial charge is 0.469 e. The highest BCUT2D eigenvalue weighted by Crippen LogP contribution is 2.47. The normalized spacial score (nSPS) is 15.8. The number of ether oxygens (including phenoxy) is 2. The van der Waals surface area contributed by atoms with Crippen molar-refractivity contribution in [2.75, 3.05) is 42.8 Å². The zero-order valence-corrected chi connectivity index (χ0v) is 33.3. The second-order valence-corrected chi connectivity index (χ2v) is 15.1. The topological polar surface area (TPSA) is 117 Å². The van der Waals surface area contributed by atoms with Gasteiger partial charge in [-0.05, 0) is 54.8 Å². The van der Waals surface area contributed by atoms with Crippen molar-refractivity contribution in [3.63, 3.8) is 0 Å². The summed E-state index contributed by atoms with van der Waals surface area (Å²) in [4.78, 5) is 53.3. The summed E-state index contributed by atoms with van der Waals surface area (Å²) in [5, 5.41) is 6.03. The number of carbonyl (C=O) groups excluding carboxylic acids is 4. The molecule has 0 bridgehead atoms. The molecule has 2 N–H and O–H groups in total. The van der Waals surface area contributed by atoms with Crippen molar-refractivity contribution >= 4 is 52.2 Å². The number of anilines is 3. The molecule has 4 aromatic carbocycles. The Morgan fingerprint density at radius 2 is 1.19 bits per heavy atom. The molecule has 0 aliphatic carbocycles. The van der Waals surface area contributed by atoms with E-state index in [9.17, 15) is 19.2 Å². The highest BCUT2D eigenvalue weighted by Gasteiger charge is 2.45. The van der Waals surface area contributed by atoms with E-state index in [2.05, 4.69) is 50.5 Å². The van der Waals surface area contributed by atoms with E-state index in [0.717, 1.165) is 33.9 Å². The van der Waals surface area contributed by atoms with Gasteiger partial charge < -0.3 is 25.0 Å². The molecule has 0 saturated carbocycles. The number of esters is 2. The van der Waals surface area contributed by atoms with Crippen LogP contribution in [0.4, 0.5) is 22.7 Å². The number of carbonyl (C=O) groups is 4. The number of nitrogens with one attached hydrogen (secondary N) is 2. The number of rotatable bonds is 13. The maximum atomic E-state index is 13.6. The molecule has 0 aromatic heterocycles. The van der Waals surface area contributed by atoms with Crippen LogP contribution in [0.1, 0.15) is 49.9 Å². The standard InChI is InChI=1S/C47H48N4O6/c1-46(2)34-20-12-16-24-38(34)50(30-42(52)48-36-22-14-10-18-32(36)28-44(54)56-5)40(46)26-8-7-9-27-41-47(3,4)35-21-13-17-25-39(35)51(41)31-43(53)49-37-23-15-11-19-33(37)29-45(55)57-6/h7-27H,28-31H2,1-6H3,(H-,48,49,52,53)/p+1. The lowest BCUT2D eigenvalue weighted by molar-refractivity contribution is -0.424. The van der Waals surface area contributed by atoms with Gasteiger partial charge in [0.25, 0.3) is 5.91 Å². The van der Waals surface area contributed by atoms with Crippen molar-refractivity contribution in [2.45, 2.75) is 51.4 Å². The number of amides is 2. The molecule has 4 aromatic rings. The van der Waals surface area contributed by atoms with Crippen molar-refractivity contribution in [2.24, 2.45) is 0 Å². The van der Waals surface area contributed by atoms with Gasteiger partial charge >= 0.3 is 11.9 Å². The van der Waals surface area contributed by atoms with E-state index in [1.54, 1.807) is 24.3 Å². The molecule has 2 aliphatic rings. The fourth-order valence-corrected chi connectivity index (χ4v) is 7.70. The van der Waals surface area contributed by atoms with Gasteiger partial charge in [-0.25, -0.2) is 0 Å². The van der Waals surface area contributed by atoms with E-state index < -0.39 is 10.8 Å². The molecule has 2 amide bonds. The van der Waals surface area contributed by atoms with Crippen molar-refractivity contribution in [3.8, 4) is 0 Å². The summed E-state index contributed by atoms with van der Waals surface area (Å²) in [6.45, 7) is 8.73. The highest BCUT2D eigenvalue weighted by atomic mass is 16.5. The van der Waals surface area contributed by atoms with E-state index >= 15 is 0 Å². The van der Waals surface area contributed by atoms with Crippen LogP contribution in [0.3, 0.4) is 0 Å². The van der Waals surface area contributed by atoms with Crippen LogP contribution in [0.2, 0.25) is 0 Å². The van der Waals surface area contributed by atoms with Crippen LogP contribution in [-0.2, 0) is 52.3 Å². The van der Waals surface area contributed by atoms with Gasteiger partial charge in [0.2, 0.25) is 18.1 Å². The van der Waals surface area contributed by atoms with E-state index in [0.29, 0.717) is 22.5 Å². The number of allylic oxidation sites excluding steroid dienone is 6. The molecule has 2 aliphatic heterocycles. The fourth-order valence-electron chi connectivity index (χ4n) is 7.70. The maximum Gasteiger partial charge on any atom is 0.310 e. The van der Waals surface area contributed by atoms with E-state index in [4.69, 9.17) is 9.47 Å². The van der Waals surface area contributed by atoms with Crippen LogP contribution < -0.4 is 15.5 Å². The Balaban J connectivity index is 1.25. The van der Waals surface area contributed by atoms with Gasteiger partial charge in [-0.1, -0.05) is 105 Å². The molecule has 292 valence electrons. The molecule has 2 heterocycles. The van der Waals surface area contributed by atoms with Crippen molar-refractivity contribution in [1.29, 1.82) is 0 Å². The van der Waals surface area contributed by atoms with Gasteiger partial charge in [0.15, 0.2) is 5.71 Å². The van der Waals surface area contributed by atoms with Crippen LogP contribution >= 0.6 is 0 Å². The van der Waals surface area contributed by atoms with Crippen molar-refractivity contribution in [3.05, 3.63) is 155 Å². The molecule has 0 radical (unpaired) electrons. The molecular formula is C47H49N4O6+. The summed E-state index contributed by atoms with van der Waals surface area (Å²) in [5.41, 5.74) is 7.76. The number of para-hydroxylation sites is 4. The molecule has 0 unspecified atom stereocenters. The zero-order valence-electron chi connectivity index (χ0n) is 33.3. The number of hydrogen-bond acceptors (Lipinski definition) is 7. The molecule has 6 rings (SSSR count). The third-order valence-corrected chi connectivity index (χ3v) is 10.6. The Labute approximate surface area is 334 Å². The van der Waals surface area contributed by atoms with Gasteiger partial charge in [-0.3, -0.25) is 19.2 Å². The van der Waals surface area contributed by atoms with Gasteiger partial charge in [-0.15, -0.1) is 0 Å². The Morgan fingerprint density at radius 3 is 1.82 bits per heavy atom. The first-order valence-corrected chi connectivity index (χ1v) is 18.9. The number of fused-ring (bicyclic) bond motifs is 2. The van der Waals surface area contributed by atoms with E-state index in [-0.39, 0.29) is 49.7 Å². The third-order valence-electron chi connectivity index (χ3n) is 10.6. The number of benzene rings is 4. The molecule has 0 spiro atoms. The minimum atomic E-state index is -0.392. The second kappa shape index (κ2) is 17.1. The van der Waals surface area contributed by atoms with Crippen LogP contribution in [-0.4, -0.2) is 61.3 Å². The first kappa shape index (κ1) is 40.1. The molecule has 57 heavy (non-hydrogen) atoms. The van der Waals surface area contributed by atoms with E-state index in [1.807, 2.05) is 101 Å². The zero-order chi connectivity index (χ0) is 40.7. The maximum absolute atomic E-state index is 13.6. The first-order chi connectivity index (χ1) is 27.3. The van der Waals surface area contributed by atoms with E-state index in [1.165, 1.54) is 14.2 Å². The third kappa shape index (κ3) is 8.65. The molecule has 0 fully saturated rings. The molecule has 10 heteroatoms. The SMILES string of the molecule is COC(=O)Cc1ccccc1NC(=O)CN1/C(=C/C=C/C=C/C2=[N+](CC(=O)Nc3ccccc3CC(=O)OC)c3ccccc3C2(C)C)C(C)(C)c2ccccc21. The average Bonchev–Trinajstić information content (AvgIpc) is 3.54. The van der Waals surface area contributed by atoms with Gasteiger partial charge in [0, 0.05) is 45.9 Å². The molecule has 0 atom stereocenters. The lowest BCUT2D eigenvalue weighted by atomic mass is 9.81. The second-order valence-electron chi connectivity index (χ2n) is 15.1. The summed E-state index contributed by atoms with van der Waals surface area (Å²) in [5.74, 6) is -1.20. The average molecular weight is 766 g/mol. The van der Waals surface area contributed by atoms with Crippen LogP contribution in [0.5, 0.6) is 0 Å². The Morgan fingerprint density at radius 1 is 0.649 bits per heavy atom. The lowest BCUT2D eigenvalue weighted by Gasteiger charge is -2.26. The summed E-state index contributed by atoms with van der Waals surface area (Å²) in [7, 11) is 2.69. The summed E-state index contributed by atoms with van der Waals surface area (Å²) >= 11 is 0. The molecule has 10 nitrogen and oxygen atoms in total. The minimum Gasteiger partial charge on any atom is -0.469 e. The first-order valence-electron chi connectivity index (χ1n) is 18.9. The Kier molecular flexibility index (Phi) is 12.0. The predicted octanol–water partition coefficient (Wildman–Crippen LogP) is 7.57. The predicted molar refractivity (Wildman–Crippen MR) is 224 cm³/mol. The summed E-state index contributed by atoms with van der Waals surface area (Å²) in [6.07, 6.45) is 10.1. The molecule has 0 saturated heterocycles. The molecular weight excluding hydrogens is 717 g/mol.